The largest absolute Gasteiger partial charge is 0.411 e. The molecular formula is C11H18F3N3O. The van der Waals surface area contributed by atoms with Gasteiger partial charge in [-0.2, -0.15) is 18.3 Å². The molecule has 0 saturated carbocycles. The molecule has 0 fully saturated rings. The first-order valence-electron chi connectivity index (χ1n) is 5.90. The third-order valence-corrected chi connectivity index (χ3v) is 2.21. The number of aryl methyl sites for hydroxylation is 1. The zero-order valence-electron chi connectivity index (χ0n) is 10.1. The summed E-state index contributed by atoms with van der Waals surface area (Å²) in [5, 5.41) is 7.20. The summed E-state index contributed by atoms with van der Waals surface area (Å²) < 4.78 is 41.5. The Morgan fingerprint density at radius 1 is 1.22 bits per heavy atom. The molecule has 0 saturated heterocycles. The van der Waals surface area contributed by atoms with Crippen molar-refractivity contribution < 1.29 is 17.9 Å². The van der Waals surface area contributed by atoms with E-state index in [2.05, 4.69) is 15.2 Å². The van der Waals surface area contributed by atoms with Gasteiger partial charge in [0.15, 0.2) is 0 Å². The van der Waals surface area contributed by atoms with Crippen LogP contribution in [0.4, 0.5) is 13.2 Å². The summed E-state index contributed by atoms with van der Waals surface area (Å²) in [6.07, 6.45) is 0.913. The van der Waals surface area contributed by atoms with Crippen molar-refractivity contribution in [3.05, 3.63) is 18.5 Å². The molecule has 7 heteroatoms. The minimum atomic E-state index is -4.23. The number of hydrogen-bond donors (Lipinski definition) is 1. The molecule has 0 bridgehead atoms. The second kappa shape index (κ2) is 8.10. The lowest BCUT2D eigenvalue weighted by atomic mass is 10.4. The monoisotopic (exact) mass is 265 g/mol. The van der Waals surface area contributed by atoms with E-state index in [9.17, 15) is 13.2 Å². The van der Waals surface area contributed by atoms with E-state index in [0.29, 0.717) is 13.0 Å². The number of hydrogen-bond acceptors (Lipinski definition) is 3. The Kier molecular flexibility index (Phi) is 6.74. The smallest absolute Gasteiger partial charge is 0.372 e. The van der Waals surface area contributed by atoms with Gasteiger partial charge in [-0.15, -0.1) is 0 Å². The lowest BCUT2D eigenvalue weighted by Gasteiger charge is -2.08. The number of aromatic nitrogens is 2. The third-order valence-electron chi connectivity index (χ3n) is 2.21. The molecule has 1 rings (SSSR count). The van der Waals surface area contributed by atoms with Crippen LogP contribution in [0, 0.1) is 0 Å². The fourth-order valence-corrected chi connectivity index (χ4v) is 1.41. The number of ether oxygens (including phenoxy) is 1. The van der Waals surface area contributed by atoms with Crippen molar-refractivity contribution in [3.63, 3.8) is 0 Å². The minimum Gasteiger partial charge on any atom is -0.372 e. The van der Waals surface area contributed by atoms with Gasteiger partial charge in [0, 0.05) is 25.5 Å². The van der Waals surface area contributed by atoms with Gasteiger partial charge < -0.3 is 10.1 Å². The summed E-state index contributed by atoms with van der Waals surface area (Å²) in [4.78, 5) is 0. The third kappa shape index (κ3) is 8.08. The second-order valence-electron chi connectivity index (χ2n) is 3.89. The fourth-order valence-electron chi connectivity index (χ4n) is 1.41. The first-order chi connectivity index (χ1) is 8.58. The van der Waals surface area contributed by atoms with Crippen LogP contribution in [-0.4, -0.2) is 42.3 Å². The van der Waals surface area contributed by atoms with Crippen LogP contribution in [0.15, 0.2) is 18.5 Å². The fraction of sp³-hybridized carbons (Fsp3) is 0.727. The van der Waals surface area contributed by atoms with Gasteiger partial charge >= 0.3 is 6.18 Å². The van der Waals surface area contributed by atoms with Crippen molar-refractivity contribution in [1.29, 1.82) is 0 Å². The van der Waals surface area contributed by atoms with Crippen LogP contribution in [0.1, 0.15) is 12.8 Å². The SMILES string of the molecule is FC(F)(F)COCCCNCCCn1cccn1. The van der Waals surface area contributed by atoms with E-state index in [1.807, 2.05) is 16.9 Å². The maximum atomic E-state index is 11.7. The van der Waals surface area contributed by atoms with Crippen molar-refractivity contribution in [2.75, 3.05) is 26.3 Å². The predicted octanol–water partition coefficient (Wildman–Crippen LogP) is 1.83. The summed E-state index contributed by atoms with van der Waals surface area (Å²) in [6, 6.07) is 1.87. The van der Waals surface area contributed by atoms with Crippen molar-refractivity contribution in [2.45, 2.75) is 25.6 Å². The highest BCUT2D eigenvalue weighted by Gasteiger charge is 2.26. The molecule has 0 aliphatic heterocycles. The molecule has 1 aromatic rings. The van der Waals surface area contributed by atoms with E-state index in [0.717, 1.165) is 19.5 Å². The molecule has 1 aromatic heterocycles. The van der Waals surface area contributed by atoms with Gasteiger partial charge in [0.2, 0.25) is 0 Å². The van der Waals surface area contributed by atoms with Gasteiger partial charge in [0.05, 0.1) is 0 Å². The topological polar surface area (TPSA) is 39.1 Å². The van der Waals surface area contributed by atoms with Crippen LogP contribution >= 0.6 is 0 Å². The van der Waals surface area contributed by atoms with E-state index in [-0.39, 0.29) is 6.61 Å². The highest BCUT2D eigenvalue weighted by Crippen LogP contribution is 2.14. The van der Waals surface area contributed by atoms with Crippen LogP contribution in [0.2, 0.25) is 0 Å². The van der Waals surface area contributed by atoms with Crippen molar-refractivity contribution in [1.82, 2.24) is 15.1 Å². The Morgan fingerprint density at radius 2 is 2.00 bits per heavy atom. The molecule has 0 atom stereocenters. The number of nitrogens with one attached hydrogen (secondary N) is 1. The van der Waals surface area contributed by atoms with Gasteiger partial charge in [0.25, 0.3) is 0 Å². The minimum absolute atomic E-state index is 0.131. The van der Waals surface area contributed by atoms with E-state index < -0.39 is 12.8 Å². The first-order valence-corrected chi connectivity index (χ1v) is 5.90. The molecule has 104 valence electrons. The van der Waals surface area contributed by atoms with Crippen molar-refractivity contribution >= 4 is 0 Å². The zero-order chi connectivity index (χ0) is 13.3. The molecular weight excluding hydrogens is 247 g/mol. The number of halogens is 3. The molecule has 0 aromatic carbocycles. The lowest BCUT2D eigenvalue weighted by Crippen LogP contribution is -2.21. The molecule has 4 nitrogen and oxygen atoms in total. The Morgan fingerprint density at radius 3 is 2.67 bits per heavy atom. The molecule has 0 spiro atoms. The van der Waals surface area contributed by atoms with E-state index >= 15 is 0 Å². The summed E-state index contributed by atoms with van der Waals surface area (Å²) in [5.74, 6) is 0. The van der Waals surface area contributed by atoms with Crippen LogP contribution < -0.4 is 5.32 Å². The lowest BCUT2D eigenvalue weighted by molar-refractivity contribution is -0.173. The zero-order valence-corrected chi connectivity index (χ0v) is 10.1. The number of alkyl halides is 3. The highest BCUT2D eigenvalue weighted by molar-refractivity contribution is 4.77. The number of nitrogens with zero attached hydrogens (tertiary/aromatic N) is 2. The predicted molar refractivity (Wildman–Crippen MR) is 61.2 cm³/mol. The van der Waals surface area contributed by atoms with Crippen molar-refractivity contribution in [2.24, 2.45) is 0 Å². The Balaban J connectivity index is 1.82. The molecule has 0 aliphatic carbocycles. The quantitative estimate of drug-likeness (QED) is 0.692. The Bertz CT molecular complexity index is 301. The summed E-state index contributed by atoms with van der Waals surface area (Å²) in [7, 11) is 0. The Labute approximate surface area is 104 Å². The van der Waals surface area contributed by atoms with Gasteiger partial charge in [-0.05, 0) is 32.0 Å². The Hall–Kier alpha value is -1.08. The molecule has 0 unspecified atom stereocenters. The van der Waals surface area contributed by atoms with E-state index in [1.54, 1.807) is 6.20 Å². The second-order valence-corrected chi connectivity index (χ2v) is 3.89. The van der Waals surface area contributed by atoms with Crippen LogP contribution in [0.5, 0.6) is 0 Å². The molecule has 18 heavy (non-hydrogen) atoms. The molecule has 0 aliphatic rings. The molecule has 1 heterocycles. The van der Waals surface area contributed by atoms with Gasteiger partial charge in [-0.3, -0.25) is 4.68 Å². The van der Waals surface area contributed by atoms with E-state index in [4.69, 9.17) is 0 Å². The highest BCUT2D eigenvalue weighted by atomic mass is 19.4. The summed E-state index contributed by atoms with van der Waals surface area (Å²) in [5.41, 5.74) is 0. The van der Waals surface area contributed by atoms with Crippen LogP contribution in [-0.2, 0) is 11.3 Å². The van der Waals surface area contributed by atoms with Crippen molar-refractivity contribution in [3.8, 4) is 0 Å². The summed E-state index contributed by atoms with van der Waals surface area (Å²) in [6.45, 7) is 1.29. The molecule has 0 amide bonds. The molecule has 1 N–H and O–H groups in total. The standard InChI is InChI=1S/C11H18F3N3O/c12-11(13,14)10-18-9-3-5-15-4-1-7-17-8-2-6-16-17/h2,6,8,15H,1,3-5,7,9-10H2. The average Bonchev–Trinajstić information content (AvgIpc) is 2.78. The van der Waals surface area contributed by atoms with Gasteiger partial charge in [0.1, 0.15) is 6.61 Å². The van der Waals surface area contributed by atoms with Crippen LogP contribution in [0.3, 0.4) is 0 Å². The molecule has 0 radical (unpaired) electrons. The first kappa shape index (κ1) is 15.0. The van der Waals surface area contributed by atoms with Gasteiger partial charge in [-0.25, -0.2) is 0 Å². The van der Waals surface area contributed by atoms with Gasteiger partial charge in [-0.1, -0.05) is 0 Å². The van der Waals surface area contributed by atoms with Crippen LogP contribution in [0.25, 0.3) is 0 Å². The normalized spacial score (nSPS) is 11.9. The summed E-state index contributed by atoms with van der Waals surface area (Å²) >= 11 is 0. The van der Waals surface area contributed by atoms with E-state index in [1.165, 1.54) is 0 Å². The average molecular weight is 265 g/mol. The number of rotatable bonds is 9. The maximum Gasteiger partial charge on any atom is 0.411 e. The maximum absolute atomic E-state index is 11.7.